The number of aromatic nitrogens is 2. The van der Waals surface area contributed by atoms with Gasteiger partial charge in [0, 0.05) is 34.6 Å². The summed E-state index contributed by atoms with van der Waals surface area (Å²) < 4.78 is 16.2. The summed E-state index contributed by atoms with van der Waals surface area (Å²) in [5, 5.41) is 6.86. The van der Waals surface area contributed by atoms with Crippen molar-refractivity contribution < 1.29 is 19.0 Å². The van der Waals surface area contributed by atoms with Crippen LogP contribution >= 0.6 is 11.3 Å². The number of carbonyl (C=O) groups is 1. The normalized spacial score (nSPS) is 10.8. The third-order valence-corrected chi connectivity index (χ3v) is 6.14. The van der Waals surface area contributed by atoms with Gasteiger partial charge in [-0.2, -0.15) is 0 Å². The molecular weight excluding hydrogens is 426 g/mol. The topological polar surface area (TPSA) is 85.5 Å². The number of fused-ring (bicyclic) bond motifs is 1. The maximum atomic E-state index is 12.4. The van der Waals surface area contributed by atoms with E-state index in [-0.39, 0.29) is 12.3 Å². The van der Waals surface area contributed by atoms with Crippen molar-refractivity contribution >= 4 is 28.1 Å². The van der Waals surface area contributed by atoms with Gasteiger partial charge in [-0.05, 0) is 30.2 Å². The van der Waals surface area contributed by atoms with Gasteiger partial charge in [-0.1, -0.05) is 18.2 Å². The first-order valence-corrected chi connectivity index (χ1v) is 11.1. The van der Waals surface area contributed by atoms with Crippen molar-refractivity contribution in [2.24, 2.45) is 0 Å². The average molecular weight is 452 g/mol. The van der Waals surface area contributed by atoms with Crippen molar-refractivity contribution in [2.45, 2.75) is 12.8 Å². The number of hydrogen-bond donors (Lipinski definition) is 2. The van der Waals surface area contributed by atoms with Gasteiger partial charge in [0.15, 0.2) is 11.5 Å². The summed E-state index contributed by atoms with van der Waals surface area (Å²) in [6.45, 7) is 0.574. The molecule has 4 aromatic rings. The number of hydrogen-bond acceptors (Lipinski definition) is 6. The summed E-state index contributed by atoms with van der Waals surface area (Å²) in [4.78, 5) is 20.3. The van der Waals surface area contributed by atoms with Crippen LogP contribution in [0.1, 0.15) is 11.3 Å². The predicted octanol–water partition coefficient (Wildman–Crippen LogP) is 4.22. The summed E-state index contributed by atoms with van der Waals surface area (Å²) >= 11 is 1.47. The molecule has 4 rings (SSSR count). The molecule has 0 atom stereocenters. The van der Waals surface area contributed by atoms with Crippen molar-refractivity contribution in [1.29, 1.82) is 0 Å². The molecule has 0 aliphatic rings. The van der Waals surface area contributed by atoms with E-state index in [1.54, 1.807) is 21.3 Å². The van der Waals surface area contributed by atoms with Crippen molar-refractivity contribution in [1.82, 2.24) is 15.3 Å². The minimum absolute atomic E-state index is 0.0495. The predicted molar refractivity (Wildman–Crippen MR) is 126 cm³/mol. The number of methoxy groups -OCH3 is 3. The van der Waals surface area contributed by atoms with Crippen LogP contribution in [0.3, 0.4) is 0 Å². The second kappa shape index (κ2) is 9.74. The lowest BCUT2D eigenvalue weighted by Crippen LogP contribution is -2.27. The molecule has 0 bridgehead atoms. The van der Waals surface area contributed by atoms with Crippen molar-refractivity contribution in [3.05, 3.63) is 59.2 Å². The number of H-pyrrole nitrogens is 1. The van der Waals surface area contributed by atoms with Crippen LogP contribution in [0.2, 0.25) is 0 Å². The van der Waals surface area contributed by atoms with E-state index in [1.165, 1.54) is 22.3 Å². The number of carbonyl (C=O) groups excluding carboxylic acids is 1. The first-order valence-electron chi connectivity index (χ1n) is 10.2. The number of benzene rings is 2. The molecule has 0 saturated carbocycles. The van der Waals surface area contributed by atoms with Crippen LogP contribution < -0.4 is 19.5 Å². The first-order chi connectivity index (χ1) is 15.6. The third-order valence-electron chi connectivity index (χ3n) is 5.20. The maximum absolute atomic E-state index is 12.4. The Labute approximate surface area is 190 Å². The van der Waals surface area contributed by atoms with Crippen molar-refractivity contribution in [3.63, 3.8) is 0 Å². The minimum Gasteiger partial charge on any atom is -0.493 e. The Morgan fingerprint density at radius 3 is 2.56 bits per heavy atom. The summed E-state index contributed by atoms with van der Waals surface area (Å²) in [5.41, 5.74) is 3.87. The lowest BCUT2D eigenvalue weighted by Gasteiger charge is -2.13. The van der Waals surface area contributed by atoms with E-state index in [0.29, 0.717) is 23.8 Å². The number of thiazole rings is 1. The SMILES string of the molecule is COc1cc(-c2nc(CC(=O)NCCc3c[nH]c4ccccc34)cs2)cc(OC)c1OC. The zero-order valence-corrected chi connectivity index (χ0v) is 19.0. The quantitative estimate of drug-likeness (QED) is 0.398. The Morgan fingerprint density at radius 2 is 1.84 bits per heavy atom. The molecule has 2 heterocycles. The Bertz CT molecular complexity index is 1210. The zero-order chi connectivity index (χ0) is 22.5. The van der Waals surface area contributed by atoms with E-state index >= 15 is 0 Å². The monoisotopic (exact) mass is 451 g/mol. The summed E-state index contributed by atoms with van der Waals surface area (Å²) in [5.74, 6) is 1.61. The molecular formula is C24H25N3O4S. The van der Waals surface area contributed by atoms with Crippen LogP contribution in [0.25, 0.3) is 21.5 Å². The first kappa shape index (κ1) is 21.7. The average Bonchev–Trinajstić information content (AvgIpc) is 3.45. The second-order valence-electron chi connectivity index (χ2n) is 7.19. The van der Waals surface area contributed by atoms with Crippen LogP contribution in [-0.2, 0) is 17.6 Å². The number of para-hydroxylation sites is 1. The van der Waals surface area contributed by atoms with E-state index in [9.17, 15) is 4.79 Å². The van der Waals surface area contributed by atoms with Crippen LogP contribution in [0.15, 0.2) is 48.0 Å². The molecule has 0 unspecified atom stereocenters. The molecule has 2 aromatic carbocycles. The fourth-order valence-electron chi connectivity index (χ4n) is 3.63. The molecule has 32 heavy (non-hydrogen) atoms. The van der Waals surface area contributed by atoms with Gasteiger partial charge in [-0.3, -0.25) is 4.79 Å². The van der Waals surface area contributed by atoms with Crippen LogP contribution in [0.5, 0.6) is 17.2 Å². The van der Waals surface area contributed by atoms with Crippen molar-refractivity contribution in [2.75, 3.05) is 27.9 Å². The van der Waals surface area contributed by atoms with Gasteiger partial charge in [0.25, 0.3) is 0 Å². The Morgan fingerprint density at radius 1 is 1.09 bits per heavy atom. The Balaban J connectivity index is 1.38. The highest BCUT2D eigenvalue weighted by Crippen LogP contribution is 2.41. The van der Waals surface area contributed by atoms with Crippen LogP contribution in [-0.4, -0.2) is 43.7 Å². The lowest BCUT2D eigenvalue weighted by molar-refractivity contribution is -0.120. The number of rotatable bonds is 9. The molecule has 0 fully saturated rings. The van der Waals surface area contributed by atoms with E-state index in [2.05, 4.69) is 21.4 Å². The molecule has 0 spiro atoms. The van der Waals surface area contributed by atoms with Crippen molar-refractivity contribution in [3.8, 4) is 27.8 Å². The molecule has 2 N–H and O–H groups in total. The standard InChI is InChI=1S/C24H25N3O4S/c1-29-20-10-16(11-21(30-2)23(20)31-3)24-27-17(14-32-24)12-22(28)25-9-8-15-13-26-19-7-5-4-6-18(15)19/h4-7,10-11,13-14,26H,8-9,12H2,1-3H3,(H,25,28). The minimum atomic E-state index is -0.0495. The lowest BCUT2D eigenvalue weighted by atomic mass is 10.1. The highest BCUT2D eigenvalue weighted by atomic mass is 32.1. The van der Waals surface area contributed by atoms with E-state index in [1.807, 2.05) is 41.9 Å². The molecule has 8 heteroatoms. The van der Waals surface area contributed by atoms with Gasteiger partial charge in [-0.15, -0.1) is 11.3 Å². The van der Waals surface area contributed by atoms with E-state index in [0.717, 1.165) is 28.2 Å². The molecule has 0 aliphatic carbocycles. The van der Waals surface area contributed by atoms with Gasteiger partial charge in [0.05, 0.1) is 33.4 Å². The largest absolute Gasteiger partial charge is 0.493 e. The number of aromatic amines is 1. The molecule has 2 aromatic heterocycles. The van der Waals surface area contributed by atoms with E-state index in [4.69, 9.17) is 14.2 Å². The number of ether oxygens (including phenoxy) is 3. The fourth-order valence-corrected chi connectivity index (χ4v) is 4.43. The fraction of sp³-hybridized carbons (Fsp3) is 0.250. The van der Waals surface area contributed by atoms with Gasteiger partial charge in [0.2, 0.25) is 11.7 Å². The van der Waals surface area contributed by atoms with E-state index < -0.39 is 0 Å². The number of nitrogens with zero attached hydrogens (tertiary/aromatic N) is 1. The van der Waals surface area contributed by atoms with Crippen LogP contribution in [0, 0.1) is 0 Å². The molecule has 0 radical (unpaired) electrons. The summed E-state index contributed by atoms with van der Waals surface area (Å²) in [7, 11) is 4.72. The molecule has 7 nitrogen and oxygen atoms in total. The smallest absolute Gasteiger partial charge is 0.226 e. The summed E-state index contributed by atoms with van der Waals surface area (Å²) in [6.07, 6.45) is 3.00. The van der Waals surface area contributed by atoms with Gasteiger partial charge in [-0.25, -0.2) is 4.98 Å². The molecule has 166 valence electrons. The van der Waals surface area contributed by atoms with Gasteiger partial charge < -0.3 is 24.5 Å². The van der Waals surface area contributed by atoms with Gasteiger partial charge >= 0.3 is 0 Å². The number of nitrogens with one attached hydrogen (secondary N) is 2. The Kier molecular flexibility index (Phi) is 6.61. The summed E-state index contributed by atoms with van der Waals surface area (Å²) in [6, 6.07) is 11.9. The van der Waals surface area contributed by atoms with Gasteiger partial charge in [0.1, 0.15) is 5.01 Å². The number of amides is 1. The molecule has 0 aliphatic heterocycles. The van der Waals surface area contributed by atoms with Crippen LogP contribution in [0.4, 0.5) is 0 Å². The third kappa shape index (κ3) is 4.55. The molecule has 0 saturated heterocycles. The Hall–Kier alpha value is -3.52. The zero-order valence-electron chi connectivity index (χ0n) is 18.2. The second-order valence-corrected chi connectivity index (χ2v) is 8.05. The highest BCUT2D eigenvalue weighted by Gasteiger charge is 2.16. The molecule has 1 amide bonds. The highest BCUT2D eigenvalue weighted by molar-refractivity contribution is 7.13. The maximum Gasteiger partial charge on any atom is 0.226 e.